The molecule has 3 aromatic carbocycles. The summed E-state index contributed by atoms with van der Waals surface area (Å²) in [5.41, 5.74) is 1.08. The average Bonchev–Trinajstić information content (AvgIpc) is 3.20. The van der Waals surface area contributed by atoms with Crippen molar-refractivity contribution in [1.29, 1.82) is 0 Å². The predicted molar refractivity (Wildman–Crippen MR) is 110 cm³/mol. The number of phenolic OH excluding ortho intramolecular Hbond substituents is 1. The number of sulfonamides is 1. The lowest BCUT2D eigenvalue weighted by atomic mass is 10.0. The average molecular weight is 394 g/mol. The van der Waals surface area contributed by atoms with Crippen LogP contribution >= 0.6 is 0 Å². The summed E-state index contributed by atoms with van der Waals surface area (Å²) in [7, 11) is -3.66. The van der Waals surface area contributed by atoms with Crippen LogP contribution in [0.15, 0.2) is 70.6 Å². The van der Waals surface area contributed by atoms with Gasteiger partial charge in [-0.15, -0.1) is 0 Å². The standard InChI is InChI=1S/C21H19N3O3S/c25-20-11-10-15-5-1-2-8-18(15)19(20)14-23-16-6-3-7-17(13-16)28(26,27)24-21-9-4-12-22-21/h1-3,5-8,10-11,13-14,25H,4,9,12H2,(H,22,24)/p+1. The highest BCUT2D eigenvalue weighted by molar-refractivity contribution is 7.90. The first-order chi connectivity index (χ1) is 13.5. The summed E-state index contributed by atoms with van der Waals surface area (Å²) in [5, 5.41) is 12.1. The van der Waals surface area contributed by atoms with Crippen LogP contribution < -0.4 is 9.71 Å². The molecular weight excluding hydrogens is 374 g/mol. The second kappa shape index (κ2) is 7.44. The Kier molecular flexibility index (Phi) is 4.83. The Morgan fingerprint density at radius 3 is 2.75 bits per heavy atom. The number of nitrogens with one attached hydrogen (secondary N) is 2. The lowest BCUT2D eigenvalue weighted by molar-refractivity contribution is -0.448. The molecule has 7 heteroatoms. The summed E-state index contributed by atoms with van der Waals surface area (Å²) in [5.74, 6) is 0.742. The SMILES string of the molecule is O=S(=O)(NC1=[NH+]CCC1)c1cccc(N=Cc2c(O)ccc3ccccc23)c1. The minimum Gasteiger partial charge on any atom is -0.507 e. The van der Waals surface area contributed by atoms with Crippen LogP contribution in [0.3, 0.4) is 0 Å². The van der Waals surface area contributed by atoms with E-state index >= 15 is 0 Å². The van der Waals surface area contributed by atoms with Crippen molar-refractivity contribution in [2.45, 2.75) is 17.7 Å². The van der Waals surface area contributed by atoms with Gasteiger partial charge >= 0.3 is 10.0 Å². The van der Waals surface area contributed by atoms with Crippen LogP contribution in [0, 0.1) is 0 Å². The van der Waals surface area contributed by atoms with Crippen molar-refractivity contribution in [1.82, 2.24) is 4.72 Å². The van der Waals surface area contributed by atoms with E-state index in [1.54, 1.807) is 24.4 Å². The third-order valence-corrected chi connectivity index (χ3v) is 6.01. The van der Waals surface area contributed by atoms with E-state index in [0.717, 1.165) is 23.7 Å². The van der Waals surface area contributed by atoms with Crippen LogP contribution in [-0.4, -0.2) is 32.1 Å². The van der Waals surface area contributed by atoms with E-state index in [1.165, 1.54) is 12.1 Å². The number of amidine groups is 1. The molecule has 0 bridgehead atoms. The quantitative estimate of drug-likeness (QED) is 0.590. The van der Waals surface area contributed by atoms with E-state index in [1.807, 2.05) is 30.3 Å². The van der Waals surface area contributed by atoms with Gasteiger partial charge in [-0.25, -0.2) is 0 Å². The maximum Gasteiger partial charge on any atom is 0.328 e. The van der Waals surface area contributed by atoms with Crippen molar-refractivity contribution in [2.24, 2.45) is 4.99 Å². The Hall–Kier alpha value is -3.19. The molecule has 0 fully saturated rings. The van der Waals surface area contributed by atoms with E-state index in [4.69, 9.17) is 0 Å². The second-order valence-electron chi connectivity index (χ2n) is 6.59. The fourth-order valence-corrected chi connectivity index (χ4v) is 4.34. The molecule has 0 unspecified atom stereocenters. The van der Waals surface area contributed by atoms with Crippen molar-refractivity contribution in [3.63, 3.8) is 0 Å². The molecule has 28 heavy (non-hydrogen) atoms. The summed E-state index contributed by atoms with van der Waals surface area (Å²) < 4.78 is 27.8. The van der Waals surface area contributed by atoms with Crippen molar-refractivity contribution in [3.8, 4) is 5.75 Å². The normalized spacial score (nSPS) is 14.5. The van der Waals surface area contributed by atoms with Crippen molar-refractivity contribution in [2.75, 3.05) is 6.54 Å². The summed E-state index contributed by atoms with van der Waals surface area (Å²) in [6.45, 7) is 0.775. The van der Waals surface area contributed by atoms with E-state index < -0.39 is 10.0 Å². The van der Waals surface area contributed by atoms with Gasteiger partial charge in [-0.1, -0.05) is 36.4 Å². The highest BCUT2D eigenvalue weighted by atomic mass is 32.2. The predicted octanol–water partition coefficient (Wildman–Crippen LogP) is 1.85. The summed E-state index contributed by atoms with van der Waals surface area (Å²) in [4.78, 5) is 7.57. The molecule has 0 aliphatic carbocycles. The summed E-state index contributed by atoms with van der Waals surface area (Å²) >= 11 is 0. The van der Waals surface area contributed by atoms with Gasteiger partial charge in [0.2, 0.25) is 0 Å². The minimum absolute atomic E-state index is 0.122. The van der Waals surface area contributed by atoms with E-state index in [9.17, 15) is 13.5 Å². The van der Waals surface area contributed by atoms with Gasteiger partial charge in [0, 0.05) is 11.8 Å². The monoisotopic (exact) mass is 394 g/mol. The molecule has 0 saturated carbocycles. The highest BCUT2D eigenvalue weighted by Crippen LogP contribution is 2.26. The van der Waals surface area contributed by atoms with Crippen molar-refractivity contribution in [3.05, 3.63) is 66.2 Å². The molecule has 3 N–H and O–H groups in total. The van der Waals surface area contributed by atoms with Gasteiger partial charge in [0.1, 0.15) is 10.6 Å². The molecular formula is C21H20N3O3S+. The first-order valence-electron chi connectivity index (χ1n) is 9.00. The van der Waals surface area contributed by atoms with Gasteiger partial charge in [-0.05, 0) is 41.5 Å². The van der Waals surface area contributed by atoms with Crippen LogP contribution in [0.1, 0.15) is 18.4 Å². The third-order valence-electron chi connectivity index (χ3n) is 4.62. The molecule has 0 saturated heterocycles. The minimum atomic E-state index is -3.66. The zero-order valence-electron chi connectivity index (χ0n) is 15.1. The molecule has 1 aliphatic heterocycles. The van der Waals surface area contributed by atoms with E-state index in [0.29, 0.717) is 23.5 Å². The van der Waals surface area contributed by atoms with Gasteiger partial charge < -0.3 is 5.11 Å². The van der Waals surface area contributed by atoms with Gasteiger partial charge in [0.15, 0.2) is 0 Å². The Labute approximate surface area is 163 Å². The van der Waals surface area contributed by atoms with E-state index in [-0.39, 0.29) is 10.6 Å². The van der Waals surface area contributed by atoms with Gasteiger partial charge in [0.05, 0.1) is 18.7 Å². The third kappa shape index (κ3) is 3.75. The molecule has 0 atom stereocenters. The summed E-state index contributed by atoms with van der Waals surface area (Å²) in [6, 6.07) is 17.6. The van der Waals surface area contributed by atoms with Crippen LogP contribution in [0.2, 0.25) is 0 Å². The molecule has 6 nitrogen and oxygen atoms in total. The molecule has 0 aromatic heterocycles. The second-order valence-corrected chi connectivity index (χ2v) is 8.27. The van der Waals surface area contributed by atoms with Gasteiger partial charge in [-0.3, -0.25) is 9.98 Å². The van der Waals surface area contributed by atoms with Crippen LogP contribution in [-0.2, 0) is 10.0 Å². The number of fused-ring (bicyclic) bond motifs is 1. The number of aromatic hydroxyl groups is 1. The zero-order chi connectivity index (χ0) is 19.6. The topological polar surface area (TPSA) is 92.7 Å². The lowest BCUT2D eigenvalue weighted by Crippen LogP contribution is -2.72. The van der Waals surface area contributed by atoms with E-state index in [2.05, 4.69) is 14.7 Å². The molecule has 3 aromatic rings. The van der Waals surface area contributed by atoms with Gasteiger partial charge in [0.25, 0.3) is 5.84 Å². The fourth-order valence-electron chi connectivity index (χ4n) is 3.19. The number of nitrogens with zero attached hydrogens (tertiary/aromatic N) is 1. The van der Waals surface area contributed by atoms with Crippen LogP contribution in [0.5, 0.6) is 5.75 Å². The molecule has 142 valence electrons. The highest BCUT2D eigenvalue weighted by Gasteiger charge is 2.24. The molecule has 1 aliphatic rings. The zero-order valence-corrected chi connectivity index (χ0v) is 15.9. The first kappa shape index (κ1) is 18.2. The van der Waals surface area contributed by atoms with Crippen molar-refractivity contribution >= 4 is 38.5 Å². The first-order valence-corrected chi connectivity index (χ1v) is 10.5. The largest absolute Gasteiger partial charge is 0.507 e. The summed E-state index contributed by atoms with van der Waals surface area (Å²) in [6.07, 6.45) is 3.16. The Bertz CT molecular complexity index is 1200. The smallest absolute Gasteiger partial charge is 0.328 e. The number of benzene rings is 3. The molecule has 1 heterocycles. The molecule has 0 radical (unpaired) electrons. The fraction of sp³-hybridized carbons (Fsp3) is 0.143. The van der Waals surface area contributed by atoms with Crippen molar-refractivity contribution < 1.29 is 18.5 Å². The lowest BCUT2D eigenvalue weighted by Gasteiger charge is -2.05. The van der Waals surface area contributed by atoms with Crippen LogP contribution in [0.25, 0.3) is 10.8 Å². The Morgan fingerprint density at radius 2 is 1.93 bits per heavy atom. The number of hydrogen-bond acceptors (Lipinski definition) is 4. The number of aliphatic imine (C=N–C) groups is 1. The Morgan fingerprint density at radius 1 is 1.07 bits per heavy atom. The number of rotatable bonds is 4. The molecule has 4 rings (SSSR count). The van der Waals surface area contributed by atoms with Gasteiger partial charge in [-0.2, -0.15) is 13.1 Å². The number of phenols is 1. The maximum atomic E-state index is 12.6. The number of hydrogen-bond donors (Lipinski definition) is 3. The maximum absolute atomic E-state index is 12.6. The van der Waals surface area contributed by atoms with Crippen LogP contribution in [0.4, 0.5) is 5.69 Å². The molecule has 0 spiro atoms. The molecule has 0 amide bonds. The Balaban J connectivity index is 1.65.